The molecule has 0 bridgehead atoms. The summed E-state index contributed by atoms with van der Waals surface area (Å²) in [4.78, 5) is 28.2. The van der Waals surface area contributed by atoms with Crippen LogP contribution in [-0.4, -0.2) is 63.3 Å². The van der Waals surface area contributed by atoms with Crippen LogP contribution in [0.15, 0.2) is 91.1 Å². The Morgan fingerprint density at radius 3 is 2.67 bits per heavy atom. The van der Waals surface area contributed by atoms with E-state index in [9.17, 15) is 19.8 Å². The number of anilines is 2. The summed E-state index contributed by atoms with van der Waals surface area (Å²) < 4.78 is 7.19. The molecule has 6 rings (SSSR count). The Hall–Kier alpha value is -4.84. The smallest absolute Gasteiger partial charge is 0.264 e. The van der Waals surface area contributed by atoms with Crippen LogP contribution in [0.1, 0.15) is 54.5 Å². The van der Waals surface area contributed by atoms with E-state index in [-0.39, 0.29) is 31.0 Å². The zero-order valence-electron chi connectivity index (χ0n) is 27.3. The van der Waals surface area contributed by atoms with Crippen LogP contribution < -0.4 is 20.3 Å². The number of nitrogens with one attached hydrogen (secondary N) is 2. The Kier molecular flexibility index (Phi) is 10.00. The molecule has 4 aromatic rings. The van der Waals surface area contributed by atoms with Crippen molar-refractivity contribution in [3.63, 3.8) is 0 Å². The maximum atomic E-state index is 14.0. The lowest BCUT2D eigenvalue weighted by atomic mass is 9.83. The van der Waals surface area contributed by atoms with E-state index in [1.807, 2.05) is 79.9 Å². The number of fused-ring (bicyclic) bond motifs is 1. The molecule has 1 fully saturated rings. The molecule has 0 aliphatic carbocycles. The van der Waals surface area contributed by atoms with Crippen LogP contribution in [0.4, 0.5) is 11.4 Å². The van der Waals surface area contributed by atoms with Gasteiger partial charge in [0, 0.05) is 29.9 Å². The van der Waals surface area contributed by atoms with Crippen LogP contribution in [-0.2, 0) is 28.3 Å². The lowest BCUT2D eigenvalue weighted by Gasteiger charge is -2.28. The number of ether oxygens (including phenoxy) is 1. The molecule has 0 spiro atoms. The van der Waals surface area contributed by atoms with Gasteiger partial charge in [0.15, 0.2) is 5.60 Å². The fourth-order valence-electron chi connectivity index (χ4n) is 6.51. The maximum Gasteiger partial charge on any atom is 0.264 e. The van der Waals surface area contributed by atoms with Gasteiger partial charge in [0.25, 0.3) is 5.91 Å². The standard InChI is InChI=1S/C37H42N6O5/c1-25(9-6-7-20-42-23-33(40-41-42)30(24-44)27-10-4-3-5-11-27)37(47)31-21-29(48-2)17-18-34(31)43(36(37)46)22-26-13-15-28(16-14-26)39-35(45)32-12-8-19-38-32/h3-6,9-11,13-18,21,23,25,30,32,38,44,47H,7-8,12,19-20,22,24H2,1-2H3,(H,39,45)/b9-6+/t25-,30?,32-,37+/m1/s1. The largest absolute Gasteiger partial charge is 0.497 e. The van der Waals surface area contributed by atoms with Gasteiger partial charge in [-0.25, -0.2) is 0 Å². The topological polar surface area (TPSA) is 142 Å². The number of hydrogen-bond donors (Lipinski definition) is 4. The number of carbonyl (C=O) groups is 2. The van der Waals surface area contributed by atoms with Gasteiger partial charge >= 0.3 is 0 Å². The maximum absolute atomic E-state index is 14.0. The second-order valence-corrected chi connectivity index (χ2v) is 12.4. The number of allylic oxidation sites excluding steroid dienone is 1. The number of methoxy groups -OCH3 is 1. The summed E-state index contributed by atoms with van der Waals surface area (Å²) in [5.74, 6) is -0.714. The molecule has 3 aromatic carbocycles. The predicted molar refractivity (Wildman–Crippen MR) is 182 cm³/mol. The van der Waals surface area contributed by atoms with Gasteiger partial charge in [-0.15, -0.1) is 5.10 Å². The molecule has 3 heterocycles. The minimum Gasteiger partial charge on any atom is -0.497 e. The molecule has 1 saturated heterocycles. The van der Waals surface area contributed by atoms with E-state index >= 15 is 0 Å². The Balaban J connectivity index is 1.13. The lowest BCUT2D eigenvalue weighted by Crippen LogP contribution is -2.44. The van der Waals surface area contributed by atoms with Crippen LogP contribution in [0.5, 0.6) is 5.75 Å². The molecule has 2 aliphatic rings. The van der Waals surface area contributed by atoms with E-state index in [4.69, 9.17) is 4.74 Å². The van der Waals surface area contributed by atoms with Crippen LogP contribution in [0.2, 0.25) is 0 Å². The zero-order chi connectivity index (χ0) is 33.7. The van der Waals surface area contributed by atoms with Crippen molar-refractivity contribution >= 4 is 23.2 Å². The minimum absolute atomic E-state index is 0.0469. The second-order valence-electron chi connectivity index (χ2n) is 12.4. The first-order valence-corrected chi connectivity index (χ1v) is 16.4. The van der Waals surface area contributed by atoms with Gasteiger partial charge in [-0.3, -0.25) is 14.3 Å². The molecule has 11 heteroatoms. The number of aliphatic hydroxyl groups excluding tert-OH is 1. The number of aryl methyl sites for hydroxylation is 1. The summed E-state index contributed by atoms with van der Waals surface area (Å²) in [6.45, 7) is 3.40. The molecule has 2 aliphatic heterocycles. The molecule has 2 amide bonds. The fourth-order valence-corrected chi connectivity index (χ4v) is 6.51. The molecule has 250 valence electrons. The van der Waals surface area contributed by atoms with Crippen molar-refractivity contribution < 1.29 is 24.5 Å². The van der Waals surface area contributed by atoms with Gasteiger partial charge in [-0.05, 0) is 67.3 Å². The normalized spacial score (nSPS) is 20.2. The summed E-state index contributed by atoms with van der Waals surface area (Å²) in [5.41, 5.74) is 2.54. The predicted octanol–water partition coefficient (Wildman–Crippen LogP) is 4.12. The third-order valence-electron chi connectivity index (χ3n) is 9.32. The molecule has 0 saturated carbocycles. The van der Waals surface area contributed by atoms with E-state index in [1.165, 1.54) is 0 Å². The Bertz CT molecular complexity index is 1750. The zero-order valence-corrected chi connectivity index (χ0v) is 27.3. The number of aliphatic hydroxyl groups is 2. The first-order chi connectivity index (χ1) is 23.3. The van der Waals surface area contributed by atoms with Gasteiger partial charge in [-0.1, -0.05) is 66.8 Å². The fraction of sp³-hybridized carbons (Fsp3) is 0.351. The van der Waals surface area contributed by atoms with Crippen molar-refractivity contribution in [3.05, 3.63) is 114 Å². The number of aromatic nitrogens is 3. The van der Waals surface area contributed by atoms with Crippen molar-refractivity contribution in [2.75, 3.05) is 30.5 Å². The molecule has 0 radical (unpaired) electrons. The number of benzene rings is 3. The number of amides is 2. The van der Waals surface area contributed by atoms with Gasteiger partial charge in [0.2, 0.25) is 5.91 Å². The Morgan fingerprint density at radius 1 is 1.17 bits per heavy atom. The second kappa shape index (κ2) is 14.5. The molecular weight excluding hydrogens is 608 g/mol. The van der Waals surface area contributed by atoms with Crippen molar-refractivity contribution in [1.82, 2.24) is 20.3 Å². The van der Waals surface area contributed by atoms with E-state index in [2.05, 4.69) is 20.9 Å². The number of nitrogens with zero attached hydrogens (tertiary/aromatic N) is 4. The highest BCUT2D eigenvalue weighted by Gasteiger charge is 2.52. The number of carbonyl (C=O) groups excluding carboxylic acids is 2. The van der Waals surface area contributed by atoms with Crippen LogP contribution in [0, 0.1) is 5.92 Å². The summed E-state index contributed by atoms with van der Waals surface area (Å²) in [7, 11) is 1.56. The molecule has 1 aromatic heterocycles. The highest BCUT2D eigenvalue weighted by atomic mass is 16.5. The molecular formula is C37H42N6O5. The van der Waals surface area contributed by atoms with Crippen molar-refractivity contribution in [2.45, 2.75) is 56.8 Å². The van der Waals surface area contributed by atoms with E-state index in [0.717, 1.165) is 30.5 Å². The van der Waals surface area contributed by atoms with E-state index in [1.54, 1.807) is 34.9 Å². The quantitative estimate of drug-likeness (QED) is 0.159. The molecule has 1 unspecified atom stereocenters. The molecule has 11 nitrogen and oxygen atoms in total. The molecule has 48 heavy (non-hydrogen) atoms. The first kappa shape index (κ1) is 33.1. The molecule has 4 atom stereocenters. The number of rotatable bonds is 13. The third-order valence-corrected chi connectivity index (χ3v) is 9.32. The van der Waals surface area contributed by atoms with Crippen LogP contribution in [0.3, 0.4) is 0 Å². The van der Waals surface area contributed by atoms with Gasteiger partial charge in [0.05, 0.1) is 43.6 Å². The van der Waals surface area contributed by atoms with Crippen molar-refractivity contribution in [2.24, 2.45) is 5.92 Å². The van der Waals surface area contributed by atoms with Gasteiger partial charge in [-0.2, -0.15) is 0 Å². The minimum atomic E-state index is -1.80. The monoisotopic (exact) mass is 650 g/mol. The van der Waals surface area contributed by atoms with Gasteiger partial charge in [0.1, 0.15) is 5.75 Å². The Labute approximate surface area is 280 Å². The van der Waals surface area contributed by atoms with E-state index < -0.39 is 17.4 Å². The summed E-state index contributed by atoms with van der Waals surface area (Å²) >= 11 is 0. The SMILES string of the molecule is COc1ccc2c(c1)[C@@](O)([C@H](C)/C=C/CCn1cc(C(CO)c3ccccc3)nn1)C(=O)N2Cc1ccc(NC(=O)[C@H]2CCCN2)cc1. The summed E-state index contributed by atoms with van der Waals surface area (Å²) in [6.07, 6.45) is 8.05. The highest BCUT2D eigenvalue weighted by Crippen LogP contribution is 2.47. The van der Waals surface area contributed by atoms with Crippen molar-refractivity contribution in [1.29, 1.82) is 0 Å². The average molecular weight is 651 g/mol. The van der Waals surface area contributed by atoms with Crippen LogP contribution in [0.25, 0.3) is 0 Å². The van der Waals surface area contributed by atoms with Crippen LogP contribution >= 0.6 is 0 Å². The van der Waals surface area contributed by atoms with Gasteiger partial charge < -0.3 is 30.5 Å². The number of hydrogen-bond acceptors (Lipinski definition) is 8. The highest BCUT2D eigenvalue weighted by molar-refractivity contribution is 6.07. The molecule has 4 N–H and O–H groups in total. The summed E-state index contributed by atoms with van der Waals surface area (Å²) in [6, 6.07) is 22.3. The van der Waals surface area contributed by atoms with E-state index in [0.29, 0.717) is 41.3 Å². The van der Waals surface area contributed by atoms with Crippen molar-refractivity contribution in [3.8, 4) is 5.75 Å². The average Bonchev–Trinajstić information content (AvgIpc) is 3.87. The third kappa shape index (κ3) is 6.75. The first-order valence-electron chi connectivity index (χ1n) is 16.4. The Morgan fingerprint density at radius 2 is 1.96 bits per heavy atom. The summed E-state index contributed by atoms with van der Waals surface area (Å²) in [5, 5.41) is 36.8. The lowest BCUT2D eigenvalue weighted by molar-refractivity contribution is -0.139.